The van der Waals surface area contributed by atoms with Crippen LogP contribution < -0.4 is 16.2 Å². The lowest BCUT2D eigenvalue weighted by Crippen LogP contribution is -2.19. The molecule has 0 amide bonds. The number of nitrogens with one attached hydrogen (secondary N) is 3. The smallest absolute Gasteiger partial charge is 0.157 e. The first-order valence-electron chi connectivity index (χ1n) is 3.13. The van der Waals surface area contributed by atoms with Gasteiger partial charge in [0.15, 0.2) is 6.73 Å². The van der Waals surface area contributed by atoms with E-state index in [1.807, 2.05) is 12.3 Å². The summed E-state index contributed by atoms with van der Waals surface area (Å²) in [7, 11) is 0. The van der Waals surface area contributed by atoms with Gasteiger partial charge in [-0.25, -0.2) is 5.43 Å². The summed E-state index contributed by atoms with van der Waals surface area (Å²) < 4.78 is 4.65. The zero-order valence-electron chi connectivity index (χ0n) is 5.63. The summed E-state index contributed by atoms with van der Waals surface area (Å²) in [6, 6.07) is 0. The van der Waals surface area contributed by atoms with Crippen LogP contribution in [0.5, 0.6) is 0 Å². The molecular weight excluding hydrogens is 130 g/mol. The van der Waals surface area contributed by atoms with Crippen LogP contribution in [-0.2, 0) is 4.74 Å². The monoisotopic (exact) mass is 141 g/mol. The fourth-order valence-corrected chi connectivity index (χ4v) is 0.535. The first kappa shape index (κ1) is 6.95. The van der Waals surface area contributed by atoms with E-state index in [1.165, 1.54) is 0 Å². The first-order chi connectivity index (χ1) is 5.00. The molecule has 4 nitrogen and oxygen atoms in total. The van der Waals surface area contributed by atoms with Gasteiger partial charge in [-0.1, -0.05) is 6.08 Å². The Labute approximate surface area is 59.9 Å². The Balaban J connectivity index is 0.0000001000. The second-order valence-corrected chi connectivity index (χ2v) is 1.75. The lowest BCUT2D eigenvalue weighted by molar-refractivity contribution is 0.267. The second kappa shape index (κ2) is 4.69. The third-order valence-electron chi connectivity index (χ3n) is 0.972. The zero-order valence-corrected chi connectivity index (χ0v) is 5.63. The first-order valence-corrected chi connectivity index (χ1v) is 3.13. The van der Waals surface area contributed by atoms with Gasteiger partial charge in [0.25, 0.3) is 0 Å². The van der Waals surface area contributed by atoms with E-state index in [0.29, 0.717) is 6.73 Å². The molecule has 10 heavy (non-hydrogen) atoms. The molecule has 2 aliphatic rings. The highest BCUT2D eigenvalue weighted by molar-refractivity contribution is 4.85. The van der Waals surface area contributed by atoms with Crippen molar-refractivity contribution in [3.8, 4) is 0 Å². The van der Waals surface area contributed by atoms with Gasteiger partial charge in [-0.2, -0.15) is 0 Å². The van der Waals surface area contributed by atoms with Crippen LogP contribution in [0.1, 0.15) is 0 Å². The molecule has 2 heterocycles. The molecule has 0 aromatic heterocycles. The highest BCUT2D eigenvalue weighted by Crippen LogP contribution is 1.78. The predicted octanol–water partition coefficient (Wildman–Crippen LogP) is -0.357. The molecule has 0 aromatic rings. The maximum atomic E-state index is 4.65. The Hall–Kier alpha value is -1.16. The molecule has 56 valence electrons. The van der Waals surface area contributed by atoms with Crippen molar-refractivity contribution < 1.29 is 4.74 Å². The van der Waals surface area contributed by atoms with Crippen molar-refractivity contribution in [3.05, 3.63) is 24.7 Å². The summed E-state index contributed by atoms with van der Waals surface area (Å²) in [5, 5.41) is 2.82. The van der Waals surface area contributed by atoms with Crippen LogP contribution >= 0.6 is 0 Å². The molecule has 2 aliphatic heterocycles. The molecule has 0 atom stereocenters. The van der Waals surface area contributed by atoms with Crippen molar-refractivity contribution in [3.63, 3.8) is 0 Å². The van der Waals surface area contributed by atoms with Gasteiger partial charge in [0.1, 0.15) is 6.26 Å². The van der Waals surface area contributed by atoms with Gasteiger partial charge < -0.3 is 15.5 Å². The van der Waals surface area contributed by atoms with Crippen LogP contribution in [0.15, 0.2) is 24.7 Å². The summed E-state index contributed by atoms with van der Waals surface area (Å²) in [5.41, 5.74) is 5.65. The highest BCUT2D eigenvalue weighted by Gasteiger charge is 1.80. The second-order valence-electron chi connectivity index (χ2n) is 1.75. The molecule has 0 fully saturated rings. The minimum absolute atomic E-state index is 0.639. The van der Waals surface area contributed by atoms with E-state index in [2.05, 4.69) is 20.9 Å². The highest BCUT2D eigenvalue weighted by atomic mass is 16.5. The van der Waals surface area contributed by atoms with Gasteiger partial charge in [0.2, 0.25) is 0 Å². The van der Waals surface area contributed by atoms with Crippen molar-refractivity contribution in [1.29, 1.82) is 0 Å². The molecule has 0 aromatic carbocycles. The molecule has 0 bridgehead atoms. The summed E-state index contributed by atoms with van der Waals surface area (Å²) in [6.07, 6.45) is 7.28. The van der Waals surface area contributed by atoms with Gasteiger partial charge in [0.05, 0.1) is 0 Å². The number of rotatable bonds is 0. The lowest BCUT2D eigenvalue weighted by atomic mass is 10.7. The Morgan fingerprint density at radius 1 is 1.30 bits per heavy atom. The van der Waals surface area contributed by atoms with Crippen molar-refractivity contribution >= 4 is 0 Å². The van der Waals surface area contributed by atoms with Gasteiger partial charge in [-0.05, 0) is 0 Å². The molecule has 0 unspecified atom stereocenters. The van der Waals surface area contributed by atoms with Gasteiger partial charge >= 0.3 is 0 Å². The molecule has 4 heteroatoms. The molecule has 2 rings (SSSR count). The Kier molecular flexibility index (Phi) is 3.26. The summed E-state index contributed by atoms with van der Waals surface area (Å²) >= 11 is 0. The quantitative estimate of drug-likeness (QED) is 0.431. The molecule has 3 N–H and O–H groups in total. The van der Waals surface area contributed by atoms with Crippen LogP contribution in [0, 0.1) is 0 Å². The van der Waals surface area contributed by atoms with E-state index in [-0.39, 0.29) is 0 Å². The zero-order chi connectivity index (χ0) is 7.07. The van der Waals surface area contributed by atoms with Crippen molar-refractivity contribution in [2.45, 2.75) is 0 Å². The molecule has 0 saturated carbocycles. The third-order valence-corrected chi connectivity index (χ3v) is 0.972. The van der Waals surface area contributed by atoms with E-state index >= 15 is 0 Å². The Morgan fingerprint density at radius 3 is 2.50 bits per heavy atom. The van der Waals surface area contributed by atoms with E-state index < -0.39 is 0 Å². The average molecular weight is 141 g/mol. The Bertz CT molecular complexity index is 105. The maximum absolute atomic E-state index is 4.65. The fourth-order valence-electron chi connectivity index (χ4n) is 0.535. The van der Waals surface area contributed by atoms with E-state index in [4.69, 9.17) is 0 Å². The van der Waals surface area contributed by atoms with Gasteiger partial charge in [-0.15, -0.1) is 0 Å². The maximum Gasteiger partial charge on any atom is 0.157 e. The van der Waals surface area contributed by atoms with Crippen molar-refractivity contribution in [1.82, 2.24) is 16.2 Å². The number of hydrogen-bond acceptors (Lipinski definition) is 4. The molecule has 0 radical (unpaired) electrons. The Morgan fingerprint density at radius 2 is 2.30 bits per heavy atom. The average Bonchev–Trinajstić information content (AvgIpc) is 2.67. The van der Waals surface area contributed by atoms with E-state index in [9.17, 15) is 0 Å². The fraction of sp³-hybridized carbons (Fsp3) is 0.333. The minimum Gasteiger partial charge on any atom is -0.479 e. The molecule has 0 spiro atoms. The number of ether oxygens (including phenoxy) is 1. The third kappa shape index (κ3) is 2.99. The van der Waals surface area contributed by atoms with Crippen LogP contribution in [0.25, 0.3) is 0 Å². The lowest BCUT2D eigenvalue weighted by Gasteiger charge is -1.83. The van der Waals surface area contributed by atoms with Crippen LogP contribution in [0.3, 0.4) is 0 Å². The molecule has 0 aliphatic carbocycles. The molecule has 0 saturated heterocycles. The summed E-state index contributed by atoms with van der Waals surface area (Å²) in [4.78, 5) is 0. The van der Waals surface area contributed by atoms with Crippen molar-refractivity contribution in [2.24, 2.45) is 0 Å². The van der Waals surface area contributed by atoms with Gasteiger partial charge in [-0.3, -0.25) is 0 Å². The number of hydrogen-bond donors (Lipinski definition) is 3. The summed E-state index contributed by atoms with van der Waals surface area (Å²) in [6.45, 7) is 1.60. The minimum atomic E-state index is 0.639. The normalized spacial score (nSPS) is 18.4. The van der Waals surface area contributed by atoms with E-state index in [1.54, 1.807) is 12.5 Å². The largest absolute Gasteiger partial charge is 0.479 e. The summed E-state index contributed by atoms with van der Waals surface area (Å²) in [5.74, 6) is 0. The topological polar surface area (TPSA) is 45.3 Å². The standard InChI is InChI=1S/C3H6N2.C3H5NO/c1-2-4-5-3-1;1-2-5-3-4-1/h1-2,4-5H,3H2;1-2,4H,3H2. The van der Waals surface area contributed by atoms with Crippen LogP contribution in [-0.4, -0.2) is 13.3 Å². The predicted molar refractivity (Wildman–Crippen MR) is 38.5 cm³/mol. The van der Waals surface area contributed by atoms with E-state index in [0.717, 1.165) is 6.54 Å². The van der Waals surface area contributed by atoms with Crippen LogP contribution in [0.2, 0.25) is 0 Å². The molecular formula is C6H11N3O. The SMILES string of the molecule is C1=CNNC1.C1=COCN1. The van der Waals surface area contributed by atoms with Crippen LogP contribution in [0.4, 0.5) is 0 Å². The van der Waals surface area contributed by atoms with Gasteiger partial charge in [0, 0.05) is 18.9 Å². The number of hydrazine groups is 1. The van der Waals surface area contributed by atoms with Crippen molar-refractivity contribution in [2.75, 3.05) is 13.3 Å².